The first kappa shape index (κ1) is 18.5. The number of esters is 1. The minimum absolute atomic E-state index is 0.0218. The first-order valence-corrected chi connectivity index (χ1v) is 8.32. The van der Waals surface area contributed by atoms with E-state index in [2.05, 4.69) is 5.32 Å². The molecule has 1 aromatic rings. The maximum atomic E-state index is 12.4. The summed E-state index contributed by atoms with van der Waals surface area (Å²) in [7, 11) is 0. The van der Waals surface area contributed by atoms with Gasteiger partial charge in [-0.2, -0.15) is 0 Å². The number of rotatable bonds is 6. The summed E-state index contributed by atoms with van der Waals surface area (Å²) in [6.07, 6.45) is 0.922. The molecule has 0 aliphatic carbocycles. The van der Waals surface area contributed by atoms with E-state index in [1.54, 1.807) is 18.2 Å². The Kier molecular flexibility index (Phi) is 5.72. The summed E-state index contributed by atoms with van der Waals surface area (Å²) >= 11 is 11.7. The lowest BCUT2D eigenvalue weighted by molar-refractivity contribution is -0.148. The van der Waals surface area contributed by atoms with Crippen molar-refractivity contribution in [3.63, 3.8) is 0 Å². The lowest BCUT2D eigenvalue weighted by Gasteiger charge is -2.22. The van der Waals surface area contributed by atoms with Crippen LogP contribution in [0.3, 0.4) is 0 Å². The lowest BCUT2D eigenvalue weighted by atomic mass is 9.93. The second kappa shape index (κ2) is 7.40. The fourth-order valence-electron chi connectivity index (χ4n) is 2.52. The van der Waals surface area contributed by atoms with E-state index in [4.69, 9.17) is 27.9 Å². The molecule has 1 fully saturated rings. The Hall–Kier alpha value is -1.79. The summed E-state index contributed by atoms with van der Waals surface area (Å²) in [5, 5.41) is 3.42. The first-order chi connectivity index (χ1) is 11.3. The van der Waals surface area contributed by atoms with Gasteiger partial charge in [-0.25, -0.2) is 4.79 Å². The number of nitrogens with zero attached hydrogens (tertiary/aromatic N) is 1. The van der Waals surface area contributed by atoms with Crippen LogP contribution in [-0.2, 0) is 20.9 Å². The van der Waals surface area contributed by atoms with E-state index in [9.17, 15) is 14.4 Å². The number of hydrogen-bond acceptors (Lipinski definition) is 4. The number of nitrogens with one attached hydrogen (secondary N) is 1. The maximum absolute atomic E-state index is 12.4. The van der Waals surface area contributed by atoms with Crippen LogP contribution >= 0.6 is 23.2 Å². The van der Waals surface area contributed by atoms with Crippen molar-refractivity contribution in [3.8, 4) is 0 Å². The van der Waals surface area contributed by atoms with E-state index < -0.39 is 30.0 Å². The Labute approximate surface area is 150 Å². The number of urea groups is 1. The normalized spacial score (nSPS) is 16.2. The number of benzene rings is 1. The molecule has 2 rings (SSSR count). The van der Waals surface area contributed by atoms with E-state index in [-0.39, 0.29) is 6.61 Å². The van der Waals surface area contributed by atoms with Crippen molar-refractivity contribution >= 4 is 41.1 Å². The van der Waals surface area contributed by atoms with Crippen molar-refractivity contribution in [2.45, 2.75) is 38.8 Å². The molecular weight excluding hydrogens is 355 g/mol. The molecule has 0 radical (unpaired) electrons. The summed E-state index contributed by atoms with van der Waals surface area (Å²) < 4.78 is 5.10. The van der Waals surface area contributed by atoms with E-state index in [0.29, 0.717) is 28.5 Å². The zero-order valence-corrected chi connectivity index (χ0v) is 14.9. The Balaban J connectivity index is 1.96. The Morgan fingerprint density at radius 2 is 1.88 bits per heavy atom. The van der Waals surface area contributed by atoms with Crippen LogP contribution in [0.15, 0.2) is 18.2 Å². The molecule has 0 saturated carbocycles. The molecular formula is C16H18Cl2N2O4. The molecule has 1 aliphatic rings. The summed E-state index contributed by atoms with van der Waals surface area (Å²) in [5.41, 5.74) is -0.271. The Morgan fingerprint density at radius 3 is 2.42 bits per heavy atom. The molecule has 0 aromatic heterocycles. The molecule has 130 valence electrons. The maximum Gasteiger partial charge on any atom is 0.326 e. The fourth-order valence-corrected chi connectivity index (χ4v) is 2.84. The summed E-state index contributed by atoms with van der Waals surface area (Å²) in [6.45, 7) is 3.18. The molecule has 24 heavy (non-hydrogen) atoms. The third-order valence-corrected chi connectivity index (χ3v) is 4.86. The van der Waals surface area contributed by atoms with Gasteiger partial charge in [-0.1, -0.05) is 43.1 Å². The standard InChI is InChI=1S/C16H18Cl2N2O4/c1-3-16(4-2)14(22)20(15(23)19-16)8-13(21)24-9-10-5-6-11(17)12(18)7-10/h5-7H,3-4,8-9H2,1-2H3,(H,19,23). The second-order valence-electron chi connectivity index (χ2n) is 5.52. The van der Waals surface area contributed by atoms with E-state index in [1.165, 1.54) is 0 Å². The van der Waals surface area contributed by atoms with Crippen LogP contribution in [0.25, 0.3) is 0 Å². The van der Waals surface area contributed by atoms with E-state index in [0.717, 1.165) is 4.90 Å². The quantitative estimate of drug-likeness (QED) is 0.614. The molecule has 1 N–H and O–H groups in total. The largest absolute Gasteiger partial charge is 0.459 e. The predicted octanol–water partition coefficient (Wildman–Crippen LogP) is 3.15. The summed E-state index contributed by atoms with van der Waals surface area (Å²) in [5.74, 6) is -1.07. The zero-order chi connectivity index (χ0) is 17.9. The van der Waals surface area contributed by atoms with Gasteiger partial charge in [0, 0.05) is 0 Å². The van der Waals surface area contributed by atoms with Crippen LogP contribution < -0.4 is 5.32 Å². The molecule has 0 atom stereocenters. The average molecular weight is 373 g/mol. The zero-order valence-electron chi connectivity index (χ0n) is 13.4. The van der Waals surface area contributed by atoms with Gasteiger partial charge in [-0.15, -0.1) is 0 Å². The Morgan fingerprint density at radius 1 is 1.21 bits per heavy atom. The lowest BCUT2D eigenvalue weighted by Crippen LogP contribution is -2.46. The number of ether oxygens (including phenoxy) is 1. The molecule has 1 aromatic carbocycles. The molecule has 8 heteroatoms. The minimum atomic E-state index is -0.929. The van der Waals surface area contributed by atoms with Gasteiger partial charge in [0.2, 0.25) is 0 Å². The molecule has 1 heterocycles. The van der Waals surface area contributed by atoms with E-state index in [1.807, 2.05) is 13.8 Å². The van der Waals surface area contributed by atoms with Gasteiger partial charge in [-0.3, -0.25) is 14.5 Å². The number of amides is 3. The first-order valence-electron chi connectivity index (χ1n) is 7.56. The molecule has 3 amide bonds. The van der Waals surface area contributed by atoms with Gasteiger partial charge < -0.3 is 10.1 Å². The van der Waals surface area contributed by atoms with Gasteiger partial charge in [0.15, 0.2) is 0 Å². The van der Waals surface area contributed by atoms with Crippen molar-refractivity contribution in [1.82, 2.24) is 10.2 Å². The molecule has 1 saturated heterocycles. The minimum Gasteiger partial charge on any atom is -0.459 e. The number of carbonyl (C=O) groups excluding carboxylic acids is 3. The highest BCUT2D eigenvalue weighted by molar-refractivity contribution is 6.42. The average Bonchev–Trinajstić information content (AvgIpc) is 2.80. The van der Waals surface area contributed by atoms with Crippen molar-refractivity contribution in [2.75, 3.05) is 6.54 Å². The van der Waals surface area contributed by atoms with Crippen LogP contribution in [0.2, 0.25) is 10.0 Å². The van der Waals surface area contributed by atoms with Gasteiger partial charge in [-0.05, 0) is 30.5 Å². The number of hydrogen-bond donors (Lipinski definition) is 1. The third-order valence-electron chi connectivity index (χ3n) is 4.12. The van der Waals surface area contributed by atoms with Gasteiger partial charge in [0.05, 0.1) is 10.0 Å². The molecule has 1 aliphatic heterocycles. The number of carbonyl (C=O) groups is 3. The molecule has 0 unspecified atom stereocenters. The number of halogens is 2. The van der Waals surface area contributed by atoms with Gasteiger partial charge >= 0.3 is 12.0 Å². The van der Waals surface area contributed by atoms with Crippen LogP contribution in [0, 0.1) is 0 Å². The summed E-state index contributed by atoms with van der Waals surface area (Å²) in [4.78, 5) is 37.2. The topological polar surface area (TPSA) is 75.7 Å². The monoisotopic (exact) mass is 372 g/mol. The molecule has 0 spiro atoms. The van der Waals surface area contributed by atoms with Crippen LogP contribution in [0.4, 0.5) is 4.79 Å². The molecule has 0 bridgehead atoms. The van der Waals surface area contributed by atoms with Gasteiger partial charge in [0.25, 0.3) is 5.91 Å². The van der Waals surface area contributed by atoms with Gasteiger partial charge in [0.1, 0.15) is 18.7 Å². The van der Waals surface area contributed by atoms with Crippen molar-refractivity contribution < 1.29 is 19.1 Å². The molecule has 6 nitrogen and oxygen atoms in total. The fraction of sp³-hybridized carbons (Fsp3) is 0.438. The van der Waals surface area contributed by atoms with Crippen molar-refractivity contribution in [2.24, 2.45) is 0 Å². The Bertz CT molecular complexity index is 674. The predicted molar refractivity (Wildman–Crippen MR) is 89.8 cm³/mol. The van der Waals surface area contributed by atoms with Crippen LogP contribution in [0.1, 0.15) is 32.3 Å². The second-order valence-corrected chi connectivity index (χ2v) is 6.33. The van der Waals surface area contributed by atoms with E-state index >= 15 is 0 Å². The SMILES string of the molecule is CCC1(CC)NC(=O)N(CC(=O)OCc2ccc(Cl)c(Cl)c2)C1=O. The summed E-state index contributed by atoms with van der Waals surface area (Å²) in [6, 6.07) is 4.29. The van der Waals surface area contributed by atoms with Crippen LogP contribution in [-0.4, -0.2) is 34.9 Å². The highest BCUT2D eigenvalue weighted by atomic mass is 35.5. The third kappa shape index (κ3) is 3.65. The van der Waals surface area contributed by atoms with Crippen molar-refractivity contribution in [3.05, 3.63) is 33.8 Å². The van der Waals surface area contributed by atoms with Crippen LogP contribution in [0.5, 0.6) is 0 Å². The number of imide groups is 1. The highest BCUT2D eigenvalue weighted by Gasteiger charge is 2.49. The smallest absolute Gasteiger partial charge is 0.326 e. The van der Waals surface area contributed by atoms with Crippen molar-refractivity contribution in [1.29, 1.82) is 0 Å². The highest BCUT2D eigenvalue weighted by Crippen LogP contribution is 2.25.